The molecule has 1 aromatic rings. The molecule has 0 aliphatic carbocycles. The molecule has 0 saturated heterocycles. The molecule has 104 valence electrons. The van der Waals surface area contributed by atoms with Crippen molar-refractivity contribution in [1.29, 1.82) is 0 Å². The SMILES string of the molecule is CNC(=O)NC(=O)CNc1ccc(OC(F)F)cc1. The standard InChI is InChI=1S/C11H13F2N3O3/c1-14-11(18)16-9(17)6-15-7-2-4-8(5-3-7)19-10(12)13/h2-5,10,15H,6H2,1H3,(H2,14,16,17,18). The van der Waals surface area contributed by atoms with Gasteiger partial charge in [-0.05, 0) is 24.3 Å². The summed E-state index contributed by atoms with van der Waals surface area (Å²) in [7, 11) is 1.39. The lowest BCUT2D eigenvalue weighted by Gasteiger charge is -2.08. The van der Waals surface area contributed by atoms with Gasteiger partial charge < -0.3 is 15.4 Å². The number of urea groups is 1. The van der Waals surface area contributed by atoms with Crippen molar-refractivity contribution in [2.45, 2.75) is 6.61 Å². The Morgan fingerprint density at radius 2 is 1.89 bits per heavy atom. The summed E-state index contributed by atoms with van der Waals surface area (Å²) in [6, 6.07) is 5.03. The minimum atomic E-state index is -2.88. The maximum Gasteiger partial charge on any atom is 0.387 e. The normalized spacial score (nSPS) is 9.89. The summed E-state index contributed by atoms with van der Waals surface area (Å²) in [5, 5.41) is 7.01. The van der Waals surface area contributed by atoms with Crippen molar-refractivity contribution >= 4 is 17.6 Å². The van der Waals surface area contributed by atoms with E-state index in [4.69, 9.17) is 0 Å². The number of rotatable bonds is 5. The predicted molar refractivity (Wildman–Crippen MR) is 64.2 cm³/mol. The fourth-order valence-electron chi connectivity index (χ4n) is 1.17. The van der Waals surface area contributed by atoms with Crippen LogP contribution in [0.15, 0.2) is 24.3 Å². The molecule has 19 heavy (non-hydrogen) atoms. The minimum Gasteiger partial charge on any atom is -0.435 e. The fraction of sp³-hybridized carbons (Fsp3) is 0.273. The van der Waals surface area contributed by atoms with Gasteiger partial charge in [0, 0.05) is 12.7 Å². The van der Waals surface area contributed by atoms with Crippen molar-refractivity contribution in [3.8, 4) is 5.75 Å². The first-order valence-corrected chi connectivity index (χ1v) is 5.31. The number of hydrogen-bond donors (Lipinski definition) is 3. The van der Waals surface area contributed by atoms with Gasteiger partial charge in [-0.3, -0.25) is 10.1 Å². The van der Waals surface area contributed by atoms with E-state index < -0.39 is 18.5 Å². The van der Waals surface area contributed by atoms with Crippen LogP contribution < -0.4 is 20.7 Å². The zero-order valence-electron chi connectivity index (χ0n) is 10.1. The van der Waals surface area contributed by atoms with Crippen molar-refractivity contribution in [3.63, 3.8) is 0 Å². The van der Waals surface area contributed by atoms with E-state index in [-0.39, 0.29) is 12.3 Å². The van der Waals surface area contributed by atoms with E-state index >= 15 is 0 Å². The molecular formula is C11H13F2N3O3. The first-order chi connectivity index (χ1) is 9.01. The fourth-order valence-corrected chi connectivity index (χ4v) is 1.17. The molecule has 0 aliphatic heterocycles. The molecule has 0 saturated carbocycles. The van der Waals surface area contributed by atoms with E-state index in [1.165, 1.54) is 31.3 Å². The largest absolute Gasteiger partial charge is 0.435 e. The predicted octanol–water partition coefficient (Wildman–Crippen LogP) is 1.16. The molecule has 0 aromatic heterocycles. The number of halogens is 2. The molecule has 3 N–H and O–H groups in total. The van der Waals surface area contributed by atoms with E-state index in [0.29, 0.717) is 5.69 Å². The third kappa shape index (κ3) is 5.66. The summed E-state index contributed by atoms with van der Waals surface area (Å²) in [5.41, 5.74) is 0.536. The van der Waals surface area contributed by atoms with Crippen LogP contribution in [-0.4, -0.2) is 32.1 Å². The van der Waals surface area contributed by atoms with Crippen LogP contribution in [0.4, 0.5) is 19.3 Å². The second-order valence-corrected chi connectivity index (χ2v) is 3.38. The van der Waals surface area contributed by atoms with Gasteiger partial charge in [0.1, 0.15) is 5.75 Å². The van der Waals surface area contributed by atoms with Crippen LogP contribution in [0.25, 0.3) is 0 Å². The molecule has 6 nitrogen and oxygen atoms in total. The minimum absolute atomic E-state index is 0.0235. The van der Waals surface area contributed by atoms with E-state index in [1.54, 1.807) is 0 Å². The Bertz CT molecular complexity index is 437. The summed E-state index contributed by atoms with van der Waals surface area (Å²) < 4.78 is 28.0. The highest BCUT2D eigenvalue weighted by Gasteiger charge is 2.06. The lowest BCUT2D eigenvalue weighted by atomic mass is 10.3. The number of nitrogens with one attached hydrogen (secondary N) is 3. The molecular weight excluding hydrogens is 260 g/mol. The van der Waals surface area contributed by atoms with E-state index in [9.17, 15) is 18.4 Å². The number of carbonyl (C=O) groups excluding carboxylic acids is 2. The Morgan fingerprint density at radius 1 is 1.26 bits per heavy atom. The van der Waals surface area contributed by atoms with Crippen molar-refractivity contribution in [1.82, 2.24) is 10.6 Å². The molecule has 0 heterocycles. The summed E-state index contributed by atoms with van der Waals surface area (Å²) in [5.74, 6) is -0.498. The maximum absolute atomic E-state index is 11.9. The van der Waals surface area contributed by atoms with Gasteiger partial charge in [0.15, 0.2) is 0 Å². The maximum atomic E-state index is 11.9. The van der Waals surface area contributed by atoms with Crippen LogP contribution in [0, 0.1) is 0 Å². The highest BCUT2D eigenvalue weighted by molar-refractivity contribution is 5.96. The second-order valence-electron chi connectivity index (χ2n) is 3.38. The van der Waals surface area contributed by atoms with E-state index in [0.717, 1.165) is 0 Å². The van der Waals surface area contributed by atoms with Crippen LogP contribution in [0.1, 0.15) is 0 Å². The number of amides is 3. The third-order valence-corrected chi connectivity index (χ3v) is 2.01. The molecule has 0 radical (unpaired) electrons. The average Bonchev–Trinajstić information content (AvgIpc) is 2.37. The van der Waals surface area contributed by atoms with Gasteiger partial charge in [0.25, 0.3) is 0 Å². The Balaban J connectivity index is 2.41. The Hall–Kier alpha value is -2.38. The van der Waals surface area contributed by atoms with Crippen molar-refractivity contribution in [3.05, 3.63) is 24.3 Å². The topological polar surface area (TPSA) is 79.5 Å². The number of hydrogen-bond acceptors (Lipinski definition) is 4. The molecule has 0 aliphatic rings. The van der Waals surface area contributed by atoms with E-state index in [2.05, 4.69) is 20.7 Å². The number of alkyl halides is 2. The molecule has 0 spiro atoms. The highest BCUT2D eigenvalue weighted by Crippen LogP contribution is 2.17. The second kappa shape index (κ2) is 7.14. The first-order valence-electron chi connectivity index (χ1n) is 5.31. The highest BCUT2D eigenvalue weighted by atomic mass is 19.3. The number of benzene rings is 1. The molecule has 0 fully saturated rings. The van der Waals surface area contributed by atoms with Gasteiger partial charge >= 0.3 is 12.6 Å². The Kier molecular flexibility index (Phi) is 5.52. The molecule has 1 rings (SSSR count). The number of anilines is 1. The summed E-state index contributed by atoms with van der Waals surface area (Å²) in [6.07, 6.45) is 0. The van der Waals surface area contributed by atoms with Gasteiger partial charge in [-0.1, -0.05) is 0 Å². The van der Waals surface area contributed by atoms with Gasteiger partial charge in [-0.2, -0.15) is 8.78 Å². The average molecular weight is 273 g/mol. The molecule has 0 atom stereocenters. The molecule has 0 unspecified atom stereocenters. The lowest BCUT2D eigenvalue weighted by Crippen LogP contribution is -2.40. The van der Waals surface area contributed by atoms with Gasteiger partial charge in [-0.15, -0.1) is 0 Å². The van der Waals surface area contributed by atoms with Crippen molar-refractivity contribution in [2.75, 3.05) is 18.9 Å². The summed E-state index contributed by atoms with van der Waals surface area (Å²) in [6.45, 7) is -3.00. The molecule has 8 heteroatoms. The zero-order chi connectivity index (χ0) is 14.3. The van der Waals surface area contributed by atoms with Crippen LogP contribution in [0.2, 0.25) is 0 Å². The zero-order valence-corrected chi connectivity index (χ0v) is 10.1. The van der Waals surface area contributed by atoms with Crippen LogP contribution in [-0.2, 0) is 4.79 Å². The quantitative estimate of drug-likeness (QED) is 0.752. The lowest BCUT2D eigenvalue weighted by molar-refractivity contribution is -0.118. The molecule has 0 bridgehead atoms. The van der Waals surface area contributed by atoms with Gasteiger partial charge in [0.05, 0.1) is 6.54 Å². The van der Waals surface area contributed by atoms with E-state index in [1.807, 2.05) is 0 Å². The molecule has 3 amide bonds. The third-order valence-electron chi connectivity index (χ3n) is 2.01. The number of carbonyl (C=O) groups is 2. The summed E-state index contributed by atoms with van der Waals surface area (Å²) in [4.78, 5) is 22.1. The number of imide groups is 1. The van der Waals surface area contributed by atoms with Gasteiger partial charge in [-0.25, -0.2) is 4.79 Å². The smallest absolute Gasteiger partial charge is 0.387 e. The Labute approximate surface area is 108 Å². The first kappa shape index (κ1) is 14.7. The monoisotopic (exact) mass is 273 g/mol. The Morgan fingerprint density at radius 3 is 2.42 bits per heavy atom. The van der Waals surface area contributed by atoms with Crippen molar-refractivity contribution < 1.29 is 23.1 Å². The molecule has 1 aromatic carbocycles. The van der Waals surface area contributed by atoms with Crippen LogP contribution in [0.5, 0.6) is 5.75 Å². The van der Waals surface area contributed by atoms with Gasteiger partial charge in [0.2, 0.25) is 5.91 Å². The van der Waals surface area contributed by atoms with Crippen LogP contribution in [0.3, 0.4) is 0 Å². The number of ether oxygens (including phenoxy) is 1. The van der Waals surface area contributed by atoms with Crippen LogP contribution >= 0.6 is 0 Å². The summed E-state index contributed by atoms with van der Waals surface area (Å²) >= 11 is 0. The van der Waals surface area contributed by atoms with Crippen molar-refractivity contribution in [2.24, 2.45) is 0 Å².